The second-order valence-corrected chi connectivity index (χ2v) is 4.99. The Morgan fingerprint density at radius 3 is 2.45 bits per heavy atom. The number of anilines is 1. The number of nitro groups is 2. The van der Waals surface area contributed by atoms with Gasteiger partial charge in [-0.15, -0.1) is 0 Å². The van der Waals surface area contributed by atoms with Crippen molar-refractivity contribution in [2.24, 2.45) is 5.10 Å². The summed E-state index contributed by atoms with van der Waals surface area (Å²) in [5.41, 5.74) is 3.29. The summed E-state index contributed by atoms with van der Waals surface area (Å²) in [4.78, 5) is 20.3. The highest BCUT2D eigenvalue weighted by molar-refractivity contribution is 5.74. The first-order valence-electron chi connectivity index (χ1n) is 6.98. The highest BCUT2D eigenvalue weighted by Gasteiger charge is 2.18. The number of non-ortho nitro benzene ring substituents is 1. The Kier molecular flexibility index (Phi) is 5.18. The van der Waals surface area contributed by atoms with Gasteiger partial charge in [-0.3, -0.25) is 25.7 Å². The monoisotopic (exact) mass is 304 g/mol. The number of nitrogens with one attached hydrogen (secondary N) is 1. The minimum absolute atomic E-state index is 0.119. The Morgan fingerprint density at radius 2 is 1.82 bits per heavy atom. The minimum Gasteiger partial charge on any atom is -0.272 e. The van der Waals surface area contributed by atoms with Crippen LogP contribution in [0.25, 0.3) is 0 Å². The molecule has 116 valence electrons. The number of hydrogen-bond donors (Lipinski definition) is 1. The standard InChI is InChI=1S/C14H16N4O4/c19-17(20)12-6-7-13(14(10-12)18(21)22)16-15-9-8-11-4-2-1-3-5-11/h6-10,16H,1-5H2/b15-9+. The zero-order chi connectivity index (χ0) is 15.9. The third kappa shape index (κ3) is 4.11. The van der Waals surface area contributed by atoms with Crippen LogP contribution in [0, 0.1) is 20.2 Å². The van der Waals surface area contributed by atoms with Crippen molar-refractivity contribution in [1.29, 1.82) is 0 Å². The Balaban J connectivity index is 2.08. The lowest BCUT2D eigenvalue weighted by atomic mass is 9.95. The Hall–Kier alpha value is -2.77. The maximum Gasteiger partial charge on any atom is 0.301 e. The van der Waals surface area contributed by atoms with Crippen LogP contribution in [-0.4, -0.2) is 16.1 Å². The number of hydrazone groups is 1. The van der Waals surface area contributed by atoms with Crippen molar-refractivity contribution in [1.82, 2.24) is 0 Å². The largest absolute Gasteiger partial charge is 0.301 e. The third-order valence-electron chi connectivity index (χ3n) is 3.45. The first-order valence-corrected chi connectivity index (χ1v) is 6.98. The average molecular weight is 304 g/mol. The molecule has 0 spiro atoms. The van der Waals surface area contributed by atoms with Crippen LogP contribution in [0.3, 0.4) is 0 Å². The first-order chi connectivity index (χ1) is 10.6. The van der Waals surface area contributed by atoms with E-state index >= 15 is 0 Å². The van der Waals surface area contributed by atoms with E-state index < -0.39 is 9.85 Å². The molecule has 0 atom stereocenters. The van der Waals surface area contributed by atoms with Crippen molar-refractivity contribution in [2.45, 2.75) is 32.1 Å². The Labute approximate surface area is 126 Å². The van der Waals surface area contributed by atoms with Crippen molar-refractivity contribution in [2.75, 3.05) is 5.43 Å². The van der Waals surface area contributed by atoms with Crippen LogP contribution in [0.15, 0.2) is 34.9 Å². The van der Waals surface area contributed by atoms with Crippen LogP contribution in [0.1, 0.15) is 32.1 Å². The van der Waals surface area contributed by atoms with E-state index in [1.165, 1.54) is 37.0 Å². The highest BCUT2D eigenvalue weighted by Crippen LogP contribution is 2.28. The molecule has 8 nitrogen and oxygen atoms in total. The molecule has 1 saturated carbocycles. The van der Waals surface area contributed by atoms with Gasteiger partial charge >= 0.3 is 5.69 Å². The lowest BCUT2D eigenvalue weighted by Gasteiger charge is -2.11. The number of benzene rings is 1. The van der Waals surface area contributed by atoms with E-state index in [1.807, 2.05) is 6.08 Å². The van der Waals surface area contributed by atoms with E-state index in [0.717, 1.165) is 18.9 Å². The maximum absolute atomic E-state index is 11.0. The number of allylic oxidation sites excluding steroid dienone is 2. The van der Waals surface area contributed by atoms with E-state index in [2.05, 4.69) is 10.5 Å². The number of nitrogens with zero attached hydrogens (tertiary/aromatic N) is 3. The third-order valence-corrected chi connectivity index (χ3v) is 3.45. The normalized spacial score (nSPS) is 14.8. The predicted molar refractivity (Wildman–Crippen MR) is 83.0 cm³/mol. The van der Waals surface area contributed by atoms with Crippen molar-refractivity contribution in [3.05, 3.63) is 50.1 Å². The van der Waals surface area contributed by atoms with Crippen LogP contribution >= 0.6 is 0 Å². The summed E-state index contributed by atoms with van der Waals surface area (Å²) in [6.07, 6.45) is 9.20. The van der Waals surface area contributed by atoms with Gasteiger partial charge in [-0.05, 0) is 37.8 Å². The van der Waals surface area contributed by atoms with Gasteiger partial charge in [0.1, 0.15) is 5.69 Å². The maximum atomic E-state index is 11.0. The summed E-state index contributed by atoms with van der Waals surface area (Å²) in [6, 6.07) is 3.39. The zero-order valence-electron chi connectivity index (χ0n) is 11.9. The van der Waals surface area contributed by atoms with E-state index in [9.17, 15) is 20.2 Å². The molecule has 0 heterocycles. The molecule has 0 bridgehead atoms. The molecule has 1 aliphatic rings. The molecular formula is C14H16N4O4. The molecule has 0 radical (unpaired) electrons. The zero-order valence-corrected chi connectivity index (χ0v) is 11.9. The molecule has 1 aromatic carbocycles. The molecule has 0 amide bonds. The van der Waals surface area contributed by atoms with Crippen molar-refractivity contribution in [3.63, 3.8) is 0 Å². The second-order valence-electron chi connectivity index (χ2n) is 4.99. The van der Waals surface area contributed by atoms with E-state index in [1.54, 1.807) is 6.21 Å². The SMILES string of the molecule is O=[N+]([O-])c1ccc(N/N=C/C=C2CCCCC2)c([N+](=O)[O-])c1. The summed E-state index contributed by atoms with van der Waals surface area (Å²) in [6.45, 7) is 0. The number of hydrogen-bond acceptors (Lipinski definition) is 6. The van der Waals surface area contributed by atoms with E-state index in [4.69, 9.17) is 0 Å². The fourth-order valence-corrected chi connectivity index (χ4v) is 2.30. The topological polar surface area (TPSA) is 111 Å². The molecule has 0 aliphatic heterocycles. The summed E-state index contributed by atoms with van der Waals surface area (Å²) < 4.78 is 0. The predicted octanol–water partition coefficient (Wildman–Crippen LogP) is 3.79. The lowest BCUT2D eigenvalue weighted by molar-refractivity contribution is -0.393. The minimum atomic E-state index is -0.676. The van der Waals surface area contributed by atoms with Crippen molar-refractivity contribution in [3.8, 4) is 0 Å². The Bertz CT molecular complexity index is 632. The van der Waals surface area contributed by atoms with E-state index in [0.29, 0.717) is 0 Å². The quantitative estimate of drug-likeness (QED) is 0.505. The molecule has 8 heteroatoms. The number of nitro benzene ring substituents is 2. The fraction of sp³-hybridized carbons (Fsp3) is 0.357. The van der Waals surface area contributed by atoms with Crippen molar-refractivity contribution >= 4 is 23.3 Å². The molecule has 0 saturated heterocycles. The van der Waals surface area contributed by atoms with Gasteiger partial charge < -0.3 is 0 Å². The average Bonchev–Trinajstić information content (AvgIpc) is 2.52. The van der Waals surface area contributed by atoms with E-state index in [-0.39, 0.29) is 17.1 Å². The van der Waals surface area contributed by atoms with Gasteiger partial charge in [0, 0.05) is 12.3 Å². The molecule has 0 unspecified atom stereocenters. The highest BCUT2D eigenvalue weighted by atomic mass is 16.6. The molecule has 0 aromatic heterocycles. The Morgan fingerprint density at radius 1 is 1.09 bits per heavy atom. The van der Waals surface area contributed by atoms with Crippen LogP contribution in [-0.2, 0) is 0 Å². The molecule has 2 rings (SSSR count). The van der Waals surface area contributed by atoms with Gasteiger partial charge in [-0.25, -0.2) is 0 Å². The van der Waals surface area contributed by atoms with Gasteiger partial charge in [0.2, 0.25) is 0 Å². The van der Waals surface area contributed by atoms with Crippen LogP contribution < -0.4 is 5.43 Å². The summed E-state index contributed by atoms with van der Waals surface area (Å²) in [7, 11) is 0. The summed E-state index contributed by atoms with van der Waals surface area (Å²) >= 11 is 0. The second kappa shape index (κ2) is 7.30. The number of rotatable bonds is 5. The summed E-state index contributed by atoms with van der Waals surface area (Å²) in [5, 5.41) is 25.5. The first kappa shape index (κ1) is 15.6. The van der Waals surface area contributed by atoms with Gasteiger partial charge in [0.25, 0.3) is 5.69 Å². The summed E-state index contributed by atoms with van der Waals surface area (Å²) in [5.74, 6) is 0. The van der Waals surface area contributed by atoms with Crippen LogP contribution in [0.4, 0.5) is 17.1 Å². The van der Waals surface area contributed by atoms with Gasteiger partial charge in [-0.1, -0.05) is 12.0 Å². The van der Waals surface area contributed by atoms with Crippen molar-refractivity contribution < 1.29 is 9.85 Å². The molecule has 22 heavy (non-hydrogen) atoms. The van der Waals surface area contributed by atoms with Crippen LogP contribution in [0.2, 0.25) is 0 Å². The fourth-order valence-electron chi connectivity index (χ4n) is 2.30. The molecule has 1 N–H and O–H groups in total. The van der Waals surface area contributed by atoms with Gasteiger partial charge in [-0.2, -0.15) is 5.10 Å². The van der Waals surface area contributed by atoms with Crippen LogP contribution in [0.5, 0.6) is 0 Å². The molecule has 1 fully saturated rings. The lowest BCUT2D eigenvalue weighted by Crippen LogP contribution is -1.98. The smallest absolute Gasteiger partial charge is 0.272 e. The molecular weight excluding hydrogens is 288 g/mol. The molecule has 1 aliphatic carbocycles. The molecule has 1 aromatic rings. The van der Waals surface area contributed by atoms with Gasteiger partial charge in [0.15, 0.2) is 0 Å². The van der Waals surface area contributed by atoms with Gasteiger partial charge in [0.05, 0.1) is 15.9 Å².